The average Bonchev–Trinajstić information content (AvgIpc) is 2.81. The van der Waals surface area contributed by atoms with Gasteiger partial charge in [-0.25, -0.2) is 8.42 Å². The molecule has 108 valence electrons. The summed E-state index contributed by atoms with van der Waals surface area (Å²) in [4.78, 5) is 0.127. The van der Waals surface area contributed by atoms with E-state index >= 15 is 0 Å². The van der Waals surface area contributed by atoms with E-state index in [4.69, 9.17) is 5.73 Å². The maximum atomic E-state index is 12.6. The third kappa shape index (κ3) is 2.76. The van der Waals surface area contributed by atoms with Crippen LogP contribution in [-0.2, 0) is 16.6 Å². The van der Waals surface area contributed by atoms with Crippen molar-refractivity contribution in [2.45, 2.75) is 56.5 Å². The highest BCUT2D eigenvalue weighted by molar-refractivity contribution is 7.89. The molecule has 0 saturated heterocycles. The first-order valence-electron chi connectivity index (χ1n) is 6.77. The Morgan fingerprint density at radius 2 is 2.05 bits per heavy atom. The van der Waals surface area contributed by atoms with Crippen molar-refractivity contribution in [2.24, 2.45) is 0 Å². The minimum absolute atomic E-state index is 0.0862. The van der Waals surface area contributed by atoms with Crippen LogP contribution in [0.15, 0.2) is 11.1 Å². The Morgan fingerprint density at radius 3 is 2.58 bits per heavy atom. The highest BCUT2D eigenvalue weighted by atomic mass is 32.2. The third-order valence-electron chi connectivity index (χ3n) is 3.82. The molecular formula is C12H22N4O2S. The number of aryl methyl sites for hydroxylation is 1. The van der Waals surface area contributed by atoms with E-state index in [0.29, 0.717) is 6.54 Å². The number of nitrogens with zero attached hydrogens (tertiary/aromatic N) is 3. The van der Waals surface area contributed by atoms with Gasteiger partial charge in [0.25, 0.3) is 0 Å². The molecule has 2 rings (SSSR count). The lowest BCUT2D eigenvalue weighted by Crippen LogP contribution is -2.38. The monoisotopic (exact) mass is 286 g/mol. The molecule has 1 aromatic rings. The molecule has 0 aliphatic heterocycles. The molecule has 0 radical (unpaired) electrons. The van der Waals surface area contributed by atoms with E-state index in [1.165, 1.54) is 16.9 Å². The number of hydrogen-bond acceptors (Lipinski definition) is 4. The van der Waals surface area contributed by atoms with E-state index in [-0.39, 0.29) is 16.8 Å². The molecule has 0 spiro atoms. The second kappa shape index (κ2) is 5.50. The molecule has 7 heteroatoms. The largest absolute Gasteiger partial charge is 0.381 e. The highest BCUT2D eigenvalue weighted by Gasteiger charge is 2.31. The van der Waals surface area contributed by atoms with Crippen LogP contribution < -0.4 is 5.73 Å². The fraction of sp³-hybridized carbons (Fsp3) is 0.750. The first-order valence-corrected chi connectivity index (χ1v) is 8.21. The predicted octanol–water partition coefficient (Wildman–Crippen LogP) is 1.44. The lowest BCUT2D eigenvalue weighted by atomic mass is 9.96. The molecule has 0 atom stereocenters. The molecule has 1 heterocycles. The Bertz CT molecular complexity index is 532. The second-order valence-corrected chi connectivity index (χ2v) is 7.01. The molecule has 19 heavy (non-hydrogen) atoms. The van der Waals surface area contributed by atoms with Crippen LogP contribution in [-0.4, -0.2) is 35.6 Å². The molecule has 1 aliphatic carbocycles. The molecule has 2 N–H and O–H groups in total. The molecular weight excluding hydrogens is 264 g/mol. The first kappa shape index (κ1) is 14.3. The van der Waals surface area contributed by atoms with Gasteiger partial charge in [0, 0.05) is 25.8 Å². The van der Waals surface area contributed by atoms with Crippen molar-refractivity contribution in [1.29, 1.82) is 0 Å². The fourth-order valence-corrected chi connectivity index (χ4v) is 4.05. The Morgan fingerprint density at radius 1 is 1.42 bits per heavy atom. The number of rotatable bonds is 4. The van der Waals surface area contributed by atoms with Crippen molar-refractivity contribution < 1.29 is 8.42 Å². The molecule has 1 fully saturated rings. The molecule has 1 saturated carbocycles. The highest BCUT2D eigenvalue weighted by Crippen LogP contribution is 2.28. The van der Waals surface area contributed by atoms with Crippen molar-refractivity contribution in [3.05, 3.63) is 6.20 Å². The standard InChI is InChI=1S/C12H22N4O2S/c1-3-16-9-11(12(13)14-16)19(17,18)15(2)10-7-5-4-6-8-10/h9-10H,3-8H2,1-2H3,(H2,13,14). The summed E-state index contributed by atoms with van der Waals surface area (Å²) in [6.07, 6.45) is 6.75. The van der Waals surface area contributed by atoms with Crippen molar-refractivity contribution in [3.63, 3.8) is 0 Å². The van der Waals surface area contributed by atoms with Gasteiger partial charge in [0.05, 0.1) is 0 Å². The van der Waals surface area contributed by atoms with Crippen LogP contribution in [0.1, 0.15) is 39.0 Å². The summed E-state index contributed by atoms with van der Waals surface area (Å²) in [6, 6.07) is 0.0862. The number of aromatic nitrogens is 2. The van der Waals surface area contributed by atoms with E-state index in [9.17, 15) is 8.42 Å². The van der Waals surface area contributed by atoms with Gasteiger partial charge in [0.2, 0.25) is 10.0 Å². The van der Waals surface area contributed by atoms with Crippen molar-refractivity contribution >= 4 is 15.8 Å². The van der Waals surface area contributed by atoms with Gasteiger partial charge in [0.15, 0.2) is 5.82 Å². The molecule has 0 amide bonds. The summed E-state index contributed by atoms with van der Waals surface area (Å²) in [7, 11) is -1.89. The maximum absolute atomic E-state index is 12.6. The first-order chi connectivity index (χ1) is 8.96. The van der Waals surface area contributed by atoms with Gasteiger partial charge in [-0.05, 0) is 19.8 Å². The van der Waals surface area contributed by atoms with E-state index < -0.39 is 10.0 Å². The number of hydrogen-bond donors (Lipinski definition) is 1. The average molecular weight is 286 g/mol. The molecule has 1 aliphatic rings. The number of sulfonamides is 1. The molecule has 0 unspecified atom stereocenters. The molecule has 6 nitrogen and oxygen atoms in total. The van der Waals surface area contributed by atoms with Crippen LogP contribution in [0.25, 0.3) is 0 Å². The predicted molar refractivity (Wildman–Crippen MR) is 74.1 cm³/mol. The summed E-state index contributed by atoms with van der Waals surface area (Å²) in [6.45, 7) is 2.50. The summed E-state index contributed by atoms with van der Waals surface area (Å²) >= 11 is 0. The summed E-state index contributed by atoms with van der Waals surface area (Å²) in [5.74, 6) is 0.0875. The van der Waals surface area contributed by atoms with Crippen LogP contribution >= 0.6 is 0 Å². The smallest absolute Gasteiger partial charge is 0.248 e. The van der Waals surface area contributed by atoms with Crippen molar-refractivity contribution in [3.8, 4) is 0 Å². The van der Waals surface area contributed by atoms with Gasteiger partial charge in [0.1, 0.15) is 4.90 Å². The Kier molecular flexibility index (Phi) is 4.15. The van der Waals surface area contributed by atoms with E-state index in [2.05, 4.69) is 5.10 Å². The van der Waals surface area contributed by atoms with Crippen LogP contribution in [0.4, 0.5) is 5.82 Å². The van der Waals surface area contributed by atoms with Crippen LogP contribution in [0.5, 0.6) is 0 Å². The van der Waals surface area contributed by atoms with Crippen molar-refractivity contribution in [2.75, 3.05) is 12.8 Å². The van der Waals surface area contributed by atoms with E-state index in [1.807, 2.05) is 6.92 Å². The summed E-state index contributed by atoms with van der Waals surface area (Å²) in [5.41, 5.74) is 5.73. The number of nitrogen functional groups attached to an aromatic ring is 1. The van der Waals surface area contributed by atoms with Gasteiger partial charge in [-0.15, -0.1) is 0 Å². The van der Waals surface area contributed by atoms with Gasteiger partial charge < -0.3 is 5.73 Å². The van der Waals surface area contributed by atoms with Gasteiger partial charge in [-0.2, -0.15) is 9.40 Å². The van der Waals surface area contributed by atoms with E-state index in [1.54, 1.807) is 11.7 Å². The van der Waals surface area contributed by atoms with E-state index in [0.717, 1.165) is 25.7 Å². The molecule has 0 aromatic carbocycles. The lowest BCUT2D eigenvalue weighted by molar-refractivity contribution is 0.286. The maximum Gasteiger partial charge on any atom is 0.248 e. The third-order valence-corrected chi connectivity index (χ3v) is 5.75. The minimum Gasteiger partial charge on any atom is -0.381 e. The summed E-state index contributed by atoms with van der Waals surface area (Å²) < 4.78 is 28.2. The lowest BCUT2D eigenvalue weighted by Gasteiger charge is -2.30. The second-order valence-electron chi connectivity index (χ2n) is 5.05. The fourth-order valence-electron chi connectivity index (χ4n) is 2.57. The molecule has 1 aromatic heterocycles. The SMILES string of the molecule is CCn1cc(S(=O)(=O)N(C)C2CCCCC2)c(N)n1. The Labute approximate surface area is 114 Å². The summed E-state index contributed by atoms with van der Waals surface area (Å²) in [5, 5.41) is 4.01. The van der Waals surface area contributed by atoms with Crippen molar-refractivity contribution in [1.82, 2.24) is 14.1 Å². The normalized spacial score (nSPS) is 18.1. The Balaban J connectivity index is 2.27. The van der Waals surface area contributed by atoms with Crippen LogP contribution in [0.2, 0.25) is 0 Å². The zero-order chi connectivity index (χ0) is 14.0. The topological polar surface area (TPSA) is 81.2 Å². The van der Waals surface area contributed by atoms with Crippen LogP contribution in [0, 0.1) is 0 Å². The zero-order valence-electron chi connectivity index (χ0n) is 11.5. The minimum atomic E-state index is -3.53. The van der Waals surface area contributed by atoms with Gasteiger partial charge in [-0.3, -0.25) is 4.68 Å². The quantitative estimate of drug-likeness (QED) is 0.908. The van der Waals surface area contributed by atoms with Gasteiger partial charge >= 0.3 is 0 Å². The zero-order valence-corrected chi connectivity index (χ0v) is 12.4. The van der Waals surface area contributed by atoms with Gasteiger partial charge in [-0.1, -0.05) is 19.3 Å². The number of nitrogens with two attached hydrogens (primary N) is 1. The molecule has 0 bridgehead atoms. The number of anilines is 1. The Hall–Kier alpha value is -1.08. The van der Waals surface area contributed by atoms with Crippen LogP contribution in [0.3, 0.4) is 0 Å².